The molecule has 1 amide bonds. The monoisotopic (exact) mass is 380 g/mol. The zero-order valence-corrected chi connectivity index (χ0v) is 15.6. The van der Waals surface area contributed by atoms with E-state index < -0.39 is 6.61 Å². The van der Waals surface area contributed by atoms with Crippen molar-refractivity contribution in [1.29, 1.82) is 0 Å². The van der Waals surface area contributed by atoms with Crippen LogP contribution in [0.4, 0.5) is 8.78 Å². The highest BCUT2D eigenvalue weighted by atomic mass is 19.3. The van der Waals surface area contributed by atoms with Crippen LogP contribution in [0, 0.1) is 0 Å². The van der Waals surface area contributed by atoms with E-state index in [1.165, 1.54) is 32.1 Å². The molecule has 1 unspecified atom stereocenters. The molecule has 0 aliphatic carbocycles. The Hall–Kier alpha value is -2.15. The number of hydrogen-bond donors (Lipinski definition) is 0. The molecule has 0 saturated carbocycles. The van der Waals surface area contributed by atoms with E-state index in [0.717, 1.165) is 39.0 Å². The minimum atomic E-state index is -2.97. The molecule has 2 heterocycles. The van der Waals surface area contributed by atoms with Gasteiger partial charge in [0, 0.05) is 30.8 Å². The fourth-order valence-electron chi connectivity index (χ4n) is 3.88. The Morgan fingerprint density at radius 1 is 1.26 bits per heavy atom. The standard InChI is InChI=1S/C20H26F2N2O3/c1-26-17-8-4-6-15(19(17)27-20(21)22)9-10-18(25)24-13-5-7-16(24)14-23-11-2-3-12-23/h4,6,8-10,16,20H,2-3,5,7,11-14H2,1H3/b10-9-. The topological polar surface area (TPSA) is 42.0 Å². The molecule has 0 aromatic heterocycles. The summed E-state index contributed by atoms with van der Waals surface area (Å²) in [7, 11) is 1.39. The summed E-state index contributed by atoms with van der Waals surface area (Å²) >= 11 is 0. The van der Waals surface area contributed by atoms with Gasteiger partial charge < -0.3 is 19.3 Å². The predicted molar refractivity (Wildman–Crippen MR) is 99.1 cm³/mol. The number of halogens is 2. The number of likely N-dealkylation sites (tertiary alicyclic amines) is 2. The number of nitrogens with zero attached hydrogens (tertiary/aromatic N) is 2. The fourth-order valence-corrected chi connectivity index (χ4v) is 3.88. The number of amides is 1. The molecule has 0 bridgehead atoms. The zero-order valence-electron chi connectivity index (χ0n) is 15.6. The molecular weight excluding hydrogens is 354 g/mol. The van der Waals surface area contributed by atoms with E-state index in [9.17, 15) is 13.6 Å². The second-order valence-corrected chi connectivity index (χ2v) is 6.93. The average Bonchev–Trinajstić information content (AvgIpc) is 3.32. The first kappa shape index (κ1) is 19.6. The Labute approximate surface area is 158 Å². The summed E-state index contributed by atoms with van der Waals surface area (Å²) in [6.45, 7) is 0.894. The first-order valence-corrected chi connectivity index (χ1v) is 9.41. The minimum Gasteiger partial charge on any atom is -0.493 e. The van der Waals surface area contributed by atoms with Crippen LogP contribution < -0.4 is 9.47 Å². The number of rotatable bonds is 7. The van der Waals surface area contributed by atoms with Crippen LogP contribution in [0.2, 0.25) is 0 Å². The van der Waals surface area contributed by atoms with E-state index in [4.69, 9.17) is 4.74 Å². The van der Waals surface area contributed by atoms with Gasteiger partial charge in [-0.25, -0.2) is 0 Å². The summed E-state index contributed by atoms with van der Waals surface area (Å²) in [5.74, 6) is 0.0505. The molecule has 2 aliphatic heterocycles. The van der Waals surface area contributed by atoms with E-state index >= 15 is 0 Å². The normalized spacial score (nSPS) is 20.7. The molecule has 0 N–H and O–H groups in total. The van der Waals surface area contributed by atoms with Gasteiger partial charge in [-0.15, -0.1) is 0 Å². The molecule has 1 aromatic rings. The number of methoxy groups -OCH3 is 1. The number of para-hydroxylation sites is 1. The Bertz CT molecular complexity index is 675. The van der Waals surface area contributed by atoms with Gasteiger partial charge in [-0.1, -0.05) is 12.1 Å². The van der Waals surface area contributed by atoms with Crippen molar-refractivity contribution in [3.8, 4) is 11.5 Å². The maximum atomic E-state index is 12.7. The number of ether oxygens (including phenoxy) is 2. The van der Waals surface area contributed by atoms with Crippen LogP contribution in [0.25, 0.3) is 6.08 Å². The van der Waals surface area contributed by atoms with Gasteiger partial charge in [0.15, 0.2) is 11.5 Å². The highest BCUT2D eigenvalue weighted by Gasteiger charge is 2.29. The number of benzene rings is 1. The largest absolute Gasteiger partial charge is 0.493 e. The van der Waals surface area contributed by atoms with Gasteiger partial charge in [0.05, 0.1) is 7.11 Å². The van der Waals surface area contributed by atoms with Crippen LogP contribution in [0.5, 0.6) is 11.5 Å². The smallest absolute Gasteiger partial charge is 0.387 e. The zero-order chi connectivity index (χ0) is 19.2. The van der Waals surface area contributed by atoms with Gasteiger partial charge >= 0.3 is 6.61 Å². The number of hydrogen-bond acceptors (Lipinski definition) is 4. The van der Waals surface area contributed by atoms with Crippen molar-refractivity contribution in [2.45, 2.75) is 38.3 Å². The molecule has 5 nitrogen and oxygen atoms in total. The highest BCUT2D eigenvalue weighted by molar-refractivity contribution is 5.92. The lowest BCUT2D eigenvalue weighted by molar-refractivity contribution is -0.127. The van der Waals surface area contributed by atoms with Crippen molar-refractivity contribution in [3.05, 3.63) is 29.8 Å². The molecule has 27 heavy (non-hydrogen) atoms. The minimum absolute atomic E-state index is 0.0610. The Balaban J connectivity index is 1.70. The van der Waals surface area contributed by atoms with Crippen LogP contribution in [0.1, 0.15) is 31.2 Å². The predicted octanol–water partition coefficient (Wildman–Crippen LogP) is 3.40. The average molecular weight is 380 g/mol. The van der Waals surface area contributed by atoms with Gasteiger partial charge in [0.25, 0.3) is 0 Å². The molecule has 2 aliphatic rings. The van der Waals surface area contributed by atoms with Gasteiger partial charge in [-0.2, -0.15) is 8.78 Å². The molecule has 2 fully saturated rings. The summed E-state index contributed by atoms with van der Waals surface area (Å²) in [4.78, 5) is 17.0. The third-order valence-electron chi connectivity index (χ3n) is 5.17. The molecule has 2 saturated heterocycles. The van der Waals surface area contributed by atoms with Crippen LogP contribution in [-0.2, 0) is 4.79 Å². The van der Waals surface area contributed by atoms with E-state index in [2.05, 4.69) is 9.64 Å². The Morgan fingerprint density at radius 2 is 2.04 bits per heavy atom. The number of alkyl halides is 2. The lowest BCUT2D eigenvalue weighted by Gasteiger charge is -2.27. The maximum Gasteiger partial charge on any atom is 0.387 e. The van der Waals surface area contributed by atoms with E-state index in [1.807, 2.05) is 4.90 Å². The van der Waals surface area contributed by atoms with E-state index in [0.29, 0.717) is 5.56 Å². The van der Waals surface area contributed by atoms with Crippen LogP contribution >= 0.6 is 0 Å². The summed E-state index contributed by atoms with van der Waals surface area (Å²) in [5, 5.41) is 0. The first-order valence-electron chi connectivity index (χ1n) is 9.41. The second-order valence-electron chi connectivity index (χ2n) is 6.93. The Morgan fingerprint density at radius 3 is 2.74 bits per heavy atom. The van der Waals surface area contributed by atoms with Crippen molar-refractivity contribution in [2.75, 3.05) is 33.3 Å². The lowest BCUT2D eigenvalue weighted by atomic mass is 10.1. The van der Waals surface area contributed by atoms with Crippen molar-refractivity contribution in [1.82, 2.24) is 9.80 Å². The summed E-state index contributed by atoms with van der Waals surface area (Å²) in [6, 6.07) is 5.06. The summed E-state index contributed by atoms with van der Waals surface area (Å²) < 4.78 is 35.1. The molecule has 0 spiro atoms. The van der Waals surface area contributed by atoms with Crippen LogP contribution in [0.3, 0.4) is 0 Å². The van der Waals surface area contributed by atoms with E-state index in [1.54, 1.807) is 18.2 Å². The van der Waals surface area contributed by atoms with Gasteiger partial charge in [-0.3, -0.25) is 4.79 Å². The number of carbonyl (C=O) groups is 1. The van der Waals surface area contributed by atoms with Crippen molar-refractivity contribution in [2.24, 2.45) is 0 Å². The summed E-state index contributed by atoms with van der Waals surface area (Å²) in [5.41, 5.74) is 0.387. The quantitative estimate of drug-likeness (QED) is 0.680. The molecular formula is C20H26F2N2O3. The van der Waals surface area contributed by atoms with Crippen LogP contribution in [-0.4, -0.2) is 61.6 Å². The molecule has 148 valence electrons. The maximum absolute atomic E-state index is 12.7. The second kappa shape index (κ2) is 9.17. The van der Waals surface area contributed by atoms with E-state index in [-0.39, 0.29) is 23.4 Å². The Kier molecular flexibility index (Phi) is 6.66. The van der Waals surface area contributed by atoms with Crippen LogP contribution in [0.15, 0.2) is 24.3 Å². The summed E-state index contributed by atoms with van der Waals surface area (Å²) in [6.07, 6.45) is 7.42. The van der Waals surface area contributed by atoms with Crippen molar-refractivity contribution >= 4 is 12.0 Å². The third kappa shape index (κ3) is 4.97. The molecule has 0 radical (unpaired) electrons. The fraction of sp³-hybridized carbons (Fsp3) is 0.550. The third-order valence-corrected chi connectivity index (χ3v) is 5.17. The number of carbonyl (C=O) groups excluding carboxylic acids is 1. The molecule has 3 rings (SSSR count). The highest BCUT2D eigenvalue weighted by Crippen LogP contribution is 2.33. The van der Waals surface area contributed by atoms with Gasteiger partial charge in [0.1, 0.15) is 0 Å². The first-order chi connectivity index (χ1) is 13.1. The van der Waals surface area contributed by atoms with Gasteiger partial charge in [0.2, 0.25) is 5.91 Å². The van der Waals surface area contributed by atoms with Crippen molar-refractivity contribution in [3.63, 3.8) is 0 Å². The molecule has 1 atom stereocenters. The SMILES string of the molecule is COc1cccc(/C=C\C(=O)N2CCCC2CN2CCCC2)c1OC(F)F. The van der Waals surface area contributed by atoms with Crippen molar-refractivity contribution < 1.29 is 23.0 Å². The molecule has 1 aromatic carbocycles. The lowest BCUT2D eigenvalue weighted by Crippen LogP contribution is -2.41. The van der Waals surface area contributed by atoms with Gasteiger partial charge in [-0.05, 0) is 50.9 Å². The molecule has 7 heteroatoms.